The van der Waals surface area contributed by atoms with Gasteiger partial charge in [-0.3, -0.25) is 4.79 Å². The van der Waals surface area contributed by atoms with Crippen molar-refractivity contribution in [2.45, 2.75) is 37.9 Å². The number of hydrogen-bond acceptors (Lipinski definition) is 4. The highest BCUT2D eigenvalue weighted by molar-refractivity contribution is 7.91. The molecule has 0 unspecified atom stereocenters. The highest BCUT2D eigenvalue weighted by Crippen LogP contribution is 2.25. The average Bonchev–Trinajstić information content (AvgIpc) is 2.87. The summed E-state index contributed by atoms with van der Waals surface area (Å²) in [4.78, 5) is 18.4. The predicted molar refractivity (Wildman–Crippen MR) is 68.8 cm³/mol. The Morgan fingerprint density at radius 2 is 1.84 bits per heavy atom. The van der Waals surface area contributed by atoms with Gasteiger partial charge in [-0.2, -0.15) is 0 Å². The van der Waals surface area contributed by atoms with Crippen LogP contribution in [-0.4, -0.2) is 47.6 Å². The summed E-state index contributed by atoms with van der Waals surface area (Å²) in [6, 6.07) is 0. The molecule has 0 saturated carbocycles. The second-order valence-electron chi connectivity index (χ2n) is 5.15. The Kier molecular flexibility index (Phi) is 2.88. The summed E-state index contributed by atoms with van der Waals surface area (Å²) in [6.07, 6.45) is 3.19. The normalized spacial score (nSPS) is 21.4. The predicted octanol–water partition coefficient (Wildman–Crippen LogP) is 0.605. The van der Waals surface area contributed by atoms with Crippen LogP contribution < -0.4 is 0 Å². The first-order valence-electron chi connectivity index (χ1n) is 6.60. The van der Waals surface area contributed by atoms with Crippen LogP contribution >= 0.6 is 0 Å². The molecule has 2 aliphatic rings. The average molecular weight is 283 g/mol. The third-order valence-electron chi connectivity index (χ3n) is 3.81. The largest absolute Gasteiger partial charge is 0.337 e. The number of nitrogens with zero attached hydrogens (tertiary/aromatic N) is 3. The monoisotopic (exact) mass is 283 g/mol. The van der Waals surface area contributed by atoms with Gasteiger partial charge in [-0.15, -0.1) is 0 Å². The van der Waals surface area contributed by atoms with Gasteiger partial charge in [-0.1, -0.05) is 0 Å². The standard InChI is InChI=1S/C12H17N3O3S/c1-9-10(11(16)14-5-3-2-4-6-14)15-7-8-19(17,18)12(15)13-9/h2-8H2,1H3. The van der Waals surface area contributed by atoms with Crippen LogP contribution in [0.2, 0.25) is 0 Å². The van der Waals surface area contributed by atoms with E-state index in [1.54, 1.807) is 11.5 Å². The van der Waals surface area contributed by atoms with Gasteiger partial charge in [0.25, 0.3) is 5.91 Å². The molecule has 0 radical (unpaired) electrons. The molecular formula is C12H17N3O3S. The van der Waals surface area contributed by atoms with Gasteiger partial charge in [-0.25, -0.2) is 13.4 Å². The quantitative estimate of drug-likeness (QED) is 0.757. The molecule has 19 heavy (non-hydrogen) atoms. The van der Waals surface area contributed by atoms with E-state index in [0.29, 0.717) is 17.9 Å². The third kappa shape index (κ3) is 1.96. The Balaban J connectivity index is 2.00. The maximum Gasteiger partial charge on any atom is 0.272 e. The minimum absolute atomic E-state index is 0.0515. The first-order valence-corrected chi connectivity index (χ1v) is 8.25. The summed E-state index contributed by atoms with van der Waals surface area (Å²) in [6.45, 7) is 3.56. The molecule has 1 aromatic rings. The zero-order valence-corrected chi connectivity index (χ0v) is 11.7. The van der Waals surface area contributed by atoms with E-state index in [0.717, 1.165) is 32.4 Å². The van der Waals surface area contributed by atoms with E-state index in [9.17, 15) is 13.2 Å². The lowest BCUT2D eigenvalue weighted by atomic mass is 10.1. The van der Waals surface area contributed by atoms with E-state index in [1.165, 1.54) is 0 Å². The maximum absolute atomic E-state index is 12.5. The summed E-state index contributed by atoms with van der Waals surface area (Å²) in [7, 11) is -3.29. The molecule has 7 heteroatoms. The van der Waals surface area contributed by atoms with Gasteiger partial charge in [0.2, 0.25) is 15.0 Å². The van der Waals surface area contributed by atoms with Gasteiger partial charge in [0.15, 0.2) is 0 Å². The van der Waals surface area contributed by atoms with Crippen LogP contribution in [0, 0.1) is 6.92 Å². The maximum atomic E-state index is 12.5. The number of aromatic nitrogens is 2. The second-order valence-corrected chi connectivity index (χ2v) is 7.15. The molecule has 0 N–H and O–H groups in total. The first kappa shape index (κ1) is 12.7. The fourth-order valence-corrected chi connectivity index (χ4v) is 4.21. The second kappa shape index (κ2) is 4.33. The molecule has 1 aromatic heterocycles. The van der Waals surface area contributed by atoms with Gasteiger partial charge in [0.1, 0.15) is 5.69 Å². The van der Waals surface area contributed by atoms with Gasteiger partial charge in [0, 0.05) is 19.6 Å². The van der Waals surface area contributed by atoms with Crippen molar-refractivity contribution in [2.24, 2.45) is 0 Å². The van der Waals surface area contributed by atoms with E-state index in [-0.39, 0.29) is 16.8 Å². The molecule has 3 heterocycles. The van der Waals surface area contributed by atoms with E-state index < -0.39 is 9.84 Å². The van der Waals surface area contributed by atoms with Gasteiger partial charge in [-0.05, 0) is 26.2 Å². The molecule has 0 atom stereocenters. The van der Waals surface area contributed by atoms with Crippen LogP contribution in [0.15, 0.2) is 5.16 Å². The summed E-state index contributed by atoms with van der Waals surface area (Å²) in [5, 5.41) is 0.0605. The van der Waals surface area contributed by atoms with Crippen LogP contribution in [-0.2, 0) is 16.4 Å². The molecule has 2 aliphatic heterocycles. The molecule has 0 aliphatic carbocycles. The smallest absolute Gasteiger partial charge is 0.272 e. The molecule has 6 nitrogen and oxygen atoms in total. The Morgan fingerprint density at radius 1 is 1.16 bits per heavy atom. The number of imidazole rings is 1. The molecule has 0 aromatic carbocycles. The number of sulfone groups is 1. The van der Waals surface area contributed by atoms with Crippen molar-refractivity contribution < 1.29 is 13.2 Å². The summed E-state index contributed by atoms with van der Waals surface area (Å²) >= 11 is 0. The van der Waals surface area contributed by atoms with E-state index in [4.69, 9.17) is 0 Å². The number of carbonyl (C=O) groups is 1. The SMILES string of the molecule is Cc1nc2n(c1C(=O)N1CCCCC1)CCS2(=O)=O. The molecule has 3 rings (SSSR count). The zero-order chi connectivity index (χ0) is 13.6. The Hall–Kier alpha value is -1.37. The molecule has 1 saturated heterocycles. The van der Waals surface area contributed by atoms with Gasteiger partial charge in [0.05, 0.1) is 11.4 Å². The number of aryl methyl sites for hydroxylation is 1. The Labute approximate surface area is 112 Å². The summed E-state index contributed by atoms with van der Waals surface area (Å²) in [5.41, 5.74) is 0.979. The van der Waals surface area contributed by atoms with Crippen molar-refractivity contribution in [1.82, 2.24) is 14.5 Å². The third-order valence-corrected chi connectivity index (χ3v) is 5.40. The van der Waals surface area contributed by atoms with Crippen molar-refractivity contribution in [2.75, 3.05) is 18.8 Å². The van der Waals surface area contributed by atoms with Crippen molar-refractivity contribution in [3.63, 3.8) is 0 Å². The highest BCUT2D eigenvalue weighted by Gasteiger charge is 2.35. The van der Waals surface area contributed by atoms with E-state index >= 15 is 0 Å². The number of rotatable bonds is 1. The van der Waals surface area contributed by atoms with Crippen LogP contribution in [0.1, 0.15) is 35.4 Å². The molecule has 1 amide bonds. The van der Waals surface area contributed by atoms with Crippen molar-refractivity contribution in [1.29, 1.82) is 0 Å². The number of piperidine rings is 1. The number of fused-ring (bicyclic) bond motifs is 1. The number of amides is 1. The van der Waals surface area contributed by atoms with Crippen molar-refractivity contribution in [3.8, 4) is 0 Å². The molecule has 0 bridgehead atoms. The van der Waals surface area contributed by atoms with Gasteiger partial charge < -0.3 is 9.47 Å². The lowest BCUT2D eigenvalue weighted by Crippen LogP contribution is -2.37. The van der Waals surface area contributed by atoms with Crippen LogP contribution in [0.4, 0.5) is 0 Å². The van der Waals surface area contributed by atoms with Gasteiger partial charge >= 0.3 is 0 Å². The molecular weight excluding hydrogens is 266 g/mol. The fourth-order valence-electron chi connectivity index (χ4n) is 2.81. The molecule has 1 fully saturated rings. The fraction of sp³-hybridized carbons (Fsp3) is 0.667. The lowest BCUT2D eigenvalue weighted by Gasteiger charge is -2.27. The Morgan fingerprint density at radius 3 is 2.53 bits per heavy atom. The van der Waals surface area contributed by atoms with Crippen LogP contribution in [0.5, 0.6) is 0 Å². The zero-order valence-electron chi connectivity index (χ0n) is 10.9. The summed E-state index contributed by atoms with van der Waals surface area (Å²) in [5.74, 6) is -0.0244. The van der Waals surface area contributed by atoms with Crippen molar-refractivity contribution in [3.05, 3.63) is 11.4 Å². The number of hydrogen-bond donors (Lipinski definition) is 0. The first-order chi connectivity index (χ1) is 9.00. The summed E-state index contributed by atoms with van der Waals surface area (Å²) < 4.78 is 25.2. The topological polar surface area (TPSA) is 72.3 Å². The van der Waals surface area contributed by atoms with Crippen molar-refractivity contribution >= 4 is 15.7 Å². The number of likely N-dealkylation sites (tertiary alicyclic amines) is 1. The van der Waals surface area contributed by atoms with E-state index in [1.807, 2.05) is 4.90 Å². The minimum Gasteiger partial charge on any atom is -0.337 e. The van der Waals surface area contributed by atoms with Crippen LogP contribution in [0.3, 0.4) is 0 Å². The lowest BCUT2D eigenvalue weighted by molar-refractivity contribution is 0.0712. The molecule has 104 valence electrons. The Bertz CT molecular complexity index is 627. The highest BCUT2D eigenvalue weighted by atomic mass is 32.2. The molecule has 0 spiro atoms. The minimum atomic E-state index is -3.29. The number of carbonyl (C=O) groups excluding carboxylic acids is 1. The van der Waals surface area contributed by atoms with E-state index in [2.05, 4.69) is 4.98 Å². The van der Waals surface area contributed by atoms with Crippen LogP contribution in [0.25, 0.3) is 0 Å².